The highest BCUT2D eigenvalue weighted by atomic mass is 32.1. The number of nitrogens with zero attached hydrogens (tertiary/aromatic N) is 3. The van der Waals surface area contributed by atoms with Gasteiger partial charge in [0, 0.05) is 24.7 Å². The Balaban J connectivity index is 1.43. The van der Waals surface area contributed by atoms with E-state index in [0.29, 0.717) is 5.92 Å². The molecule has 1 aliphatic heterocycles. The first kappa shape index (κ1) is 14.5. The van der Waals surface area contributed by atoms with E-state index in [1.807, 2.05) is 18.2 Å². The molecule has 23 heavy (non-hydrogen) atoms. The van der Waals surface area contributed by atoms with Crippen molar-refractivity contribution < 1.29 is 0 Å². The number of thiocarbonyl (C=S) groups is 1. The first-order chi connectivity index (χ1) is 11.3. The Kier molecular flexibility index (Phi) is 3.93. The lowest BCUT2D eigenvalue weighted by Gasteiger charge is -2.20. The van der Waals surface area contributed by atoms with Gasteiger partial charge in [-0.05, 0) is 53.9 Å². The van der Waals surface area contributed by atoms with Crippen molar-refractivity contribution in [3.05, 3.63) is 54.1 Å². The van der Waals surface area contributed by atoms with E-state index in [4.69, 9.17) is 12.2 Å². The third-order valence-electron chi connectivity index (χ3n) is 4.24. The molecule has 0 spiro atoms. The van der Waals surface area contributed by atoms with Gasteiger partial charge in [0.2, 0.25) is 0 Å². The standard InChI is InChI=1S/C17H16N4S2/c22-17(18-14-6-7-16-15(10-14)19-20-23-16)21-9-8-13(11-21)12-4-2-1-3-5-12/h1-7,10,13H,8-9,11H2,(H,18,22)/t13-/m1/s1. The van der Waals surface area contributed by atoms with Gasteiger partial charge in [-0.25, -0.2) is 0 Å². The molecule has 2 aromatic carbocycles. The van der Waals surface area contributed by atoms with E-state index in [0.717, 1.165) is 40.5 Å². The maximum atomic E-state index is 5.58. The van der Waals surface area contributed by atoms with Crippen LogP contribution in [0.15, 0.2) is 48.5 Å². The van der Waals surface area contributed by atoms with Crippen LogP contribution in [0.25, 0.3) is 10.2 Å². The molecule has 0 unspecified atom stereocenters. The molecular formula is C17H16N4S2. The van der Waals surface area contributed by atoms with Crippen molar-refractivity contribution in [3.63, 3.8) is 0 Å². The van der Waals surface area contributed by atoms with Crippen molar-refractivity contribution in [1.82, 2.24) is 14.5 Å². The molecule has 0 bridgehead atoms. The Morgan fingerprint density at radius 3 is 2.96 bits per heavy atom. The lowest BCUT2D eigenvalue weighted by Crippen LogP contribution is -2.32. The molecule has 116 valence electrons. The fourth-order valence-corrected chi connectivity index (χ4v) is 3.83. The summed E-state index contributed by atoms with van der Waals surface area (Å²) in [7, 11) is 0. The average Bonchev–Trinajstić information content (AvgIpc) is 3.24. The molecular weight excluding hydrogens is 324 g/mol. The quantitative estimate of drug-likeness (QED) is 0.717. The van der Waals surface area contributed by atoms with Crippen molar-refractivity contribution in [2.75, 3.05) is 18.4 Å². The molecule has 1 aliphatic rings. The molecule has 1 aromatic heterocycles. The Hall–Kier alpha value is -2.05. The molecule has 0 aliphatic carbocycles. The van der Waals surface area contributed by atoms with Crippen LogP contribution in [0.5, 0.6) is 0 Å². The van der Waals surface area contributed by atoms with Crippen molar-refractivity contribution in [2.24, 2.45) is 0 Å². The fraction of sp³-hybridized carbons (Fsp3) is 0.235. The molecule has 4 rings (SSSR count). The molecule has 0 saturated carbocycles. The summed E-state index contributed by atoms with van der Waals surface area (Å²) in [5.74, 6) is 0.557. The molecule has 3 aromatic rings. The predicted molar refractivity (Wildman–Crippen MR) is 99.0 cm³/mol. The van der Waals surface area contributed by atoms with Gasteiger partial charge in [-0.1, -0.05) is 34.8 Å². The molecule has 0 radical (unpaired) electrons. The molecule has 1 N–H and O–H groups in total. The van der Waals surface area contributed by atoms with Crippen LogP contribution in [0.3, 0.4) is 0 Å². The van der Waals surface area contributed by atoms with Crippen molar-refractivity contribution in [2.45, 2.75) is 12.3 Å². The lowest BCUT2D eigenvalue weighted by molar-refractivity contribution is 0.518. The first-order valence-electron chi connectivity index (χ1n) is 7.62. The second kappa shape index (κ2) is 6.22. The molecule has 1 saturated heterocycles. The molecule has 1 fully saturated rings. The van der Waals surface area contributed by atoms with Gasteiger partial charge in [-0.15, -0.1) is 5.10 Å². The summed E-state index contributed by atoms with van der Waals surface area (Å²) in [4.78, 5) is 2.25. The minimum Gasteiger partial charge on any atom is -0.348 e. The number of likely N-dealkylation sites (tertiary alicyclic amines) is 1. The van der Waals surface area contributed by atoms with Gasteiger partial charge in [0.25, 0.3) is 0 Å². The van der Waals surface area contributed by atoms with Gasteiger partial charge < -0.3 is 10.2 Å². The topological polar surface area (TPSA) is 41.1 Å². The van der Waals surface area contributed by atoms with Crippen LogP contribution in [-0.4, -0.2) is 32.7 Å². The number of fused-ring (bicyclic) bond motifs is 1. The van der Waals surface area contributed by atoms with Crippen LogP contribution in [0.4, 0.5) is 5.69 Å². The summed E-state index contributed by atoms with van der Waals surface area (Å²) in [5, 5.41) is 8.22. The number of aromatic nitrogens is 2. The molecule has 0 amide bonds. The maximum absolute atomic E-state index is 5.58. The van der Waals surface area contributed by atoms with Crippen LogP contribution in [0.2, 0.25) is 0 Å². The van der Waals surface area contributed by atoms with E-state index in [9.17, 15) is 0 Å². The summed E-state index contributed by atoms with van der Waals surface area (Å²) in [5.41, 5.74) is 3.28. The number of anilines is 1. The molecule has 2 heterocycles. The maximum Gasteiger partial charge on any atom is 0.173 e. The van der Waals surface area contributed by atoms with Crippen LogP contribution in [0, 0.1) is 0 Å². The highest BCUT2D eigenvalue weighted by molar-refractivity contribution is 7.80. The van der Waals surface area contributed by atoms with Gasteiger partial charge in [-0.2, -0.15) is 0 Å². The number of benzene rings is 2. The minimum absolute atomic E-state index is 0.557. The van der Waals surface area contributed by atoms with Gasteiger partial charge in [-0.3, -0.25) is 0 Å². The normalized spacial score (nSPS) is 17.6. The van der Waals surface area contributed by atoms with E-state index < -0.39 is 0 Å². The van der Waals surface area contributed by atoms with Crippen LogP contribution in [0.1, 0.15) is 17.9 Å². The smallest absolute Gasteiger partial charge is 0.173 e. The Morgan fingerprint density at radius 2 is 2.09 bits per heavy atom. The van der Waals surface area contributed by atoms with Gasteiger partial charge in [0.15, 0.2) is 5.11 Å². The summed E-state index contributed by atoms with van der Waals surface area (Å²) < 4.78 is 5.05. The van der Waals surface area contributed by atoms with Crippen LogP contribution >= 0.6 is 23.8 Å². The average molecular weight is 340 g/mol. The second-order valence-electron chi connectivity index (χ2n) is 5.73. The molecule has 1 atom stereocenters. The Labute approximate surface area is 144 Å². The zero-order valence-electron chi connectivity index (χ0n) is 12.5. The highest BCUT2D eigenvalue weighted by Crippen LogP contribution is 2.27. The number of rotatable bonds is 2. The summed E-state index contributed by atoms with van der Waals surface area (Å²) in [6.45, 7) is 1.96. The zero-order valence-corrected chi connectivity index (χ0v) is 14.1. The number of nitrogens with one attached hydrogen (secondary N) is 1. The van der Waals surface area contributed by atoms with Crippen molar-refractivity contribution in [1.29, 1.82) is 0 Å². The first-order valence-corrected chi connectivity index (χ1v) is 8.81. The van der Waals surface area contributed by atoms with E-state index >= 15 is 0 Å². The minimum atomic E-state index is 0.557. The summed E-state index contributed by atoms with van der Waals surface area (Å²) in [6, 6.07) is 16.7. The molecule has 4 nitrogen and oxygen atoms in total. The van der Waals surface area contributed by atoms with Crippen LogP contribution in [-0.2, 0) is 0 Å². The lowest BCUT2D eigenvalue weighted by atomic mass is 9.99. The third kappa shape index (κ3) is 3.04. The highest BCUT2D eigenvalue weighted by Gasteiger charge is 2.25. The van der Waals surface area contributed by atoms with Gasteiger partial charge in [0.1, 0.15) is 5.52 Å². The van der Waals surface area contributed by atoms with Gasteiger partial charge >= 0.3 is 0 Å². The predicted octanol–water partition coefficient (Wildman–Crippen LogP) is 3.88. The van der Waals surface area contributed by atoms with Gasteiger partial charge in [0.05, 0.1) is 4.70 Å². The van der Waals surface area contributed by atoms with E-state index in [1.165, 1.54) is 17.1 Å². The van der Waals surface area contributed by atoms with Crippen LogP contribution < -0.4 is 5.32 Å². The fourth-order valence-electron chi connectivity index (χ4n) is 3.00. The van der Waals surface area contributed by atoms with E-state index in [1.54, 1.807) is 0 Å². The zero-order chi connectivity index (χ0) is 15.6. The number of hydrogen-bond acceptors (Lipinski definition) is 4. The Bertz CT molecular complexity index is 831. The van der Waals surface area contributed by atoms with Crippen molar-refractivity contribution >= 4 is 44.8 Å². The largest absolute Gasteiger partial charge is 0.348 e. The number of hydrogen-bond donors (Lipinski definition) is 1. The molecule has 6 heteroatoms. The Morgan fingerprint density at radius 1 is 1.22 bits per heavy atom. The summed E-state index contributed by atoms with van der Waals surface area (Å²) in [6.07, 6.45) is 1.14. The monoisotopic (exact) mass is 340 g/mol. The summed E-state index contributed by atoms with van der Waals surface area (Å²) >= 11 is 6.99. The second-order valence-corrected chi connectivity index (χ2v) is 6.90. The van der Waals surface area contributed by atoms with E-state index in [-0.39, 0.29) is 0 Å². The van der Waals surface area contributed by atoms with E-state index in [2.05, 4.69) is 50.1 Å². The third-order valence-corrected chi connectivity index (χ3v) is 5.31. The van der Waals surface area contributed by atoms with Crippen molar-refractivity contribution in [3.8, 4) is 0 Å². The SMILES string of the molecule is S=C(Nc1ccc2snnc2c1)N1CC[C@@H](c2ccccc2)C1.